The third-order valence-electron chi connectivity index (χ3n) is 3.41. The van der Waals surface area contributed by atoms with Crippen molar-refractivity contribution in [1.82, 2.24) is 10.6 Å². The molecule has 0 aromatic heterocycles. The van der Waals surface area contributed by atoms with Crippen LogP contribution in [0.4, 0.5) is 10.5 Å². The van der Waals surface area contributed by atoms with Crippen molar-refractivity contribution in [2.45, 2.75) is 26.3 Å². The molecule has 0 atom stereocenters. The van der Waals surface area contributed by atoms with Gasteiger partial charge in [-0.05, 0) is 56.2 Å². The van der Waals surface area contributed by atoms with Crippen LogP contribution in [0.1, 0.15) is 29.8 Å². The summed E-state index contributed by atoms with van der Waals surface area (Å²) in [5.74, 6) is -0.179. The number of urea groups is 1. The fourth-order valence-electron chi connectivity index (χ4n) is 2.24. The van der Waals surface area contributed by atoms with Gasteiger partial charge in [0, 0.05) is 28.9 Å². The van der Waals surface area contributed by atoms with E-state index in [9.17, 15) is 9.59 Å². The van der Waals surface area contributed by atoms with Crippen molar-refractivity contribution in [2.24, 2.45) is 0 Å². The third kappa shape index (κ3) is 6.47. The van der Waals surface area contributed by atoms with Gasteiger partial charge in [-0.25, -0.2) is 4.79 Å². The number of hydrogen-bond acceptors (Lipinski definition) is 2. The van der Waals surface area contributed by atoms with Crippen molar-refractivity contribution in [2.75, 3.05) is 11.9 Å². The highest BCUT2D eigenvalue weighted by molar-refractivity contribution is 6.30. The van der Waals surface area contributed by atoms with Gasteiger partial charge in [0.15, 0.2) is 0 Å². The normalized spacial score (nSPS) is 10.4. The minimum absolute atomic E-state index is 0.0411. The second-order valence-electron chi connectivity index (χ2n) is 5.97. The summed E-state index contributed by atoms with van der Waals surface area (Å²) in [7, 11) is 0. The summed E-state index contributed by atoms with van der Waals surface area (Å²) >= 11 is 5.85. The standard InChI is InChI=1S/C19H22ClN3O2/c1-13(2)22-19(25)23-17-5-3-4-15(12-17)18(24)21-11-10-14-6-8-16(20)9-7-14/h3-9,12-13H,10-11H2,1-2H3,(H,21,24)(H2,22,23,25). The Kier molecular flexibility index (Phi) is 6.83. The molecule has 0 bridgehead atoms. The van der Waals surface area contributed by atoms with Crippen molar-refractivity contribution in [3.05, 3.63) is 64.7 Å². The number of nitrogens with one attached hydrogen (secondary N) is 3. The molecule has 0 aliphatic heterocycles. The number of hydrogen-bond donors (Lipinski definition) is 3. The number of amides is 3. The lowest BCUT2D eigenvalue weighted by molar-refractivity contribution is 0.0954. The van der Waals surface area contributed by atoms with Crippen molar-refractivity contribution in [1.29, 1.82) is 0 Å². The first kappa shape index (κ1) is 18.8. The van der Waals surface area contributed by atoms with E-state index < -0.39 is 0 Å². The van der Waals surface area contributed by atoms with E-state index in [1.807, 2.05) is 38.1 Å². The van der Waals surface area contributed by atoms with E-state index in [1.54, 1.807) is 24.3 Å². The highest BCUT2D eigenvalue weighted by atomic mass is 35.5. The number of halogens is 1. The monoisotopic (exact) mass is 359 g/mol. The fraction of sp³-hybridized carbons (Fsp3) is 0.263. The average Bonchev–Trinajstić information content (AvgIpc) is 2.56. The van der Waals surface area contributed by atoms with Crippen LogP contribution in [0.15, 0.2) is 48.5 Å². The number of carbonyl (C=O) groups excluding carboxylic acids is 2. The molecule has 0 saturated heterocycles. The Bertz CT molecular complexity index is 730. The number of benzene rings is 2. The Balaban J connectivity index is 1.87. The molecule has 0 aliphatic carbocycles. The van der Waals surface area contributed by atoms with E-state index in [4.69, 9.17) is 11.6 Å². The van der Waals surface area contributed by atoms with Gasteiger partial charge in [-0.3, -0.25) is 4.79 Å². The van der Waals surface area contributed by atoms with Crippen LogP contribution < -0.4 is 16.0 Å². The lowest BCUT2D eigenvalue weighted by Crippen LogP contribution is -2.34. The van der Waals surface area contributed by atoms with Crippen molar-refractivity contribution in [3.8, 4) is 0 Å². The smallest absolute Gasteiger partial charge is 0.319 e. The summed E-state index contributed by atoms with van der Waals surface area (Å²) in [5, 5.41) is 9.02. The molecule has 0 spiro atoms. The molecule has 132 valence electrons. The Hall–Kier alpha value is -2.53. The molecular formula is C19H22ClN3O2. The number of carbonyl (C=O) groups is 2. The van der Waals surface area contributed by atoms with Crippen LogP contribution in [-0.2, 0) is 6.42 Å². The summed E-state index contributed by atoms with van der Waals surface area (Å²) in [5.41, 5.74) is 2.17. The Morgan fingerprint density at radius 2 is 1.80 bits per heavy atom. The molecule has 6 heteroatoms. The van der Waals surface area contributed by atoms with E-state index in [-0.39, 0.29) is 18.0 Å². The van der Waals surface area contributed by atoms with Gasteiger partial charge in [0.1, 0.15) is 0 Å². The highest BCUT2D eigenvalue weighted by Gasteiger charge is 2.08. The van der Waals surface area contributed by atoms with E-state index in [0.29, 0.717) is 22.8 Å². The maximum atomic E-state index is 12.2. The molecule has 2 aromatic carbocycles. The van der Waals surface area contributed by atoms with Crippen molar-refractivity contribution < 1.29 is 9.59 Å². The van der Waals surface area contributed by atoms with E-state index >= 15 is 0 Å². The van der Waals surface area contributed by atoms with Crippen molar-refractivity contribution in [3.63, 3.8) is 0 Å². The van der Waals surface area contributed by atoms with Gasteiger partial charge < -0.3 is 16.0 Å². The van der Waals surface area contributed by atoms with Crippen LogP contribution in [-0.4, -0.2) is 24.5 Å². The van der Waals surface area contributed by atoms with Gasteiger partial charge in [0.2, 0.25) is 0 Å². The number of anilines is 1. The van der Waals surface area contributed by atoms with Gasteiger partial charge in [-0.1, -0.05) is 29.8 Å². The summed E-state index contributed by atoms with van der Waals surface area (Å²) in [6, 6.07) is 14.1. The predicted octanol–water partition coefficient (Wildman–Crippen LogP) is 3.84. The van der Waals surface area contributed by atoms with Gasteiger partial charge >= 0.3 is 6.03 Å². The zero-order valence-electron chi connectivity index (χ0n) is 14.3. The minimum Gasteiger partial charge on any atom is -0.352 e. The van der Waals surface area contributed by atoms with Crippen molar-refractivity contribution >= 4 is 29.2 Å². The first-order valence-electron chi connectivity index (χ1n) is 8.14. The molecule has 0 saturated carbocycles. The molecule has 2 aromatic rings. The van der Waals surface area contributed by atoms with Crippen LogP contribution in [0.5, 0.6) is 0 Å². The quantitative estimate of drug-likeness (QED) is 0.733. The Morgan fingerprint density at radius 1 is 1.08 bits per heavy atom. The maximum Gasteiger partial charge on any atom is 0.319 e. The van der Waals surface area contributed by atoms with Gasteiger partial charge in [-0.2, -0.15) is 0 Å². The first-order chi connectivity index (χ1) is 11.9. The zero-order chi connectivity index (χ0) is 18.2. The predicted molar refractivity (Wildman–Crippen MR) is 101 cm³/mol. The Labute approximate surface area is 152 Å². The SMILES string of the molecule is CC(C)NC(=O)Nc1cccc(C(=O)NCCc2ccc(Cl)cc2)c1. The van der Waals surface area contributed by atoms with Crippen LogP contribution in [0.3, 0.4) is 0 Å². The second kappa shape index (κ2) is 9.08. The molecular weight excluding hydrogens is 338 g/mol. The lowest BCUT2D eigenvalue weighted by atomic mass is 10.1. The molecule has 2 rings (SSSR count). The molecule has 3 N–H and O–H groups in total. The van der Waals surface area contributed by atoms with Crippen LogP contribution in [0, 0.1) is 0 Å². The molecule has 5 nitrogen and oxygen atoms in total. The summed E-state index contributed by atoms with van der Waals surface area (Å²) in [4.78, 5) is 24.0. The topological polar surface area (TPSA) is 70.2 Å². The molecule has 0 fully saturated rings. The van der Waals surface area contributed by atoms with Gasteiger partial charge in [0.25, 0.3) is 5.91 Å². The molecule has 0 unspecified atom stereocenters. The molecule has 0 heterocycles. The zero-order valence-corrected chi connectivity index (χ0v) is 15.1. The Morgan fingerprint density at radius 3 is 2.48 bits per heavy atom. The highest BCUT2D eigenvalue weighted by Crippen LogP contribution is 2.11. The average molecular weight is 360 g/mol. The molecule has 3 amide bonds. The molecule has 0 radical (unpaired) electrons. The second-order valence-corrected chi connectivity index (χ2v) is 6.40. The van der Waals surface area contributed by atoms with Crippen LogP contribution >= 0.6 is 11.6 Å². The number of rotatable bonds is 6. The van der Waals surface area contributed by atoms with E-state index in [0.717, 1.165) is 12.0 Å². The van der Waals surface area contributed by atoms with E-state index in [2.05, 4.69) is 16.0 Å². The summed E-state index contributed by atoms with van der Waals surface area (Å²) in [6.45, 7) is 4.28. The molecule has 25 heavy (non-hydrogen) atoms. The fourth-order valence-corrected chi connectivity index (χ4v) is 2.37. The summed E-state index contributed by atoms with van der Waals surface area (Å²) in [6.07, 6.45) is 0.720. The first-order valence-corrected chi connectivity index (χ1v) is 8.52. The maximum absolute atomic E-state index is 12.2. The lowest BCUT2D eigenvalue weighted by Gasteiger charge is -2.11. The van der Waals surface area contributed by atoms with Gasteiger partial charge in [-0.15, -0.1) is 0 Å². The van der Waals surface area contributed by atoms with Gasteiger partial charge in [0.05, 0.1) is 0 Å². The minimum atomic E-state index is -0.296. The van der Waals surface area contributed by atoms with Crippen LogP contribution in [0.2, 0.25) is 5.02 Å². The van der Waals surface area contributed by atoms with E-state index in [1.165, 1.54) is 0 Å². The third-order valence-corrected chi connectivity index (χ3v) is 3.67. The summed E-state index contributed by atoms with van der Waals surface area (Å²) < 4.78 is 0. The largest absolute Gasteiger partial charge is 0.352 e. The molecule has 0 aliphatic rings. The van der Waals surface area contributed by atoms with Crippen LogP contribution in [0.25, 0.3) is 0 Å².